The Morgan fingerprint density at radius 1 is 1.25 bits per heavy atom. The molecule has 20 heavy (non-hydrogen) atoms. The zero-order valence-electron chi connectivity index (χ0n) is 11.3. The second kappa shape index (κ2) is 6.71. The normalized spacial score (nSPS) is 13.6. The Bertz CT molecular complexity index is 387. The van der Waals surface area contributed by atoms with Gasteiger partial charge in [-0.25, -0.2) is 18.4 Å². The first-order valence-electron chi connectivity index (χ1n) is 5.71. The summed E-state index contributed by atoms with van der Waals surface area (Å²) >= 11 is 0. The molecule has 0 aromatic heterocycles. The molecular weight excluding hydrogens is 284 g/mol. The molecule has 0 aromatic carbocycles. The molecule has 4 nitrogen and oxygen atoms in total. The fraction of sp³-hybridized carbons (Fsp3) is 0.667. The van der Waals surface area contributed by atoms with Crippen molar-refractivity contribution in [3.63, 3.8) is 0 Å². The van der Waals surface area contributed by atoms with Gasteiger partial charge in [-0.1, -0.05) is 13.5 Å². The topological polar surface area (TPSA) is 52.6 Å². The molecule has 1 atom stereocenters. The Balaban J connectivity index is 4.83. The Labute approximate surface area is 113 Å². The molecule has 0 saturated carbocycles. The van der Waals surface area contributed by atoms with E-state index in [4.69, 9.17) is 0 Å². The minimum absolute atomic E-state index is 0.132. The van der Waals surface area contributed by atoms with Gasteiger partial charge in [0.15, 0.2) is 12.7 Å². The van der Waals surface area contributed by atoms with E-state index < -0.39 is 42.9 Å². The fourth-order valence-corrected chi connectivity index (χ4v) is 1.06. The molecule has 116 valence electrons. The minimum atomic E-state index is -4.22. The molecule has 8 heteroatoms. The lowest BCUT2D eigenvalue weighted by Gasteiger charge is -2.24. The molecular formula is C12H16F4O4. The van der Waals surface area contributed by atoms with Gasteiger partial charge in [-0.2, -0.15) is 8.78 Å². The van der Waals surface area contributed by atoms with Gasteiger partial charge in [0.05, 0.1) is 0 Å². The molecule has 0 spiro atoms. The number of hydrogen-bond donors (Lipinski definition) is 0. The number of esters is 2. The SMILES string of the molecule is C=C(C)C(=O)OC(CC)C(F)(F)C(=O)OCC(C)(F)F. The number of rotatable bonds is 7. The van der Waals surface area contributed by atoms with Gasteiger partial charge in [-0.3, -0.25) is 0 Å². The highest BCUT2D eigenvalue weighted by Crippen LogP contribution is 2.27. The Morgan fingerprint density at radius 3 is 2.10 bits per heavy atom. The van der Waals surface area contributed by atoms with Gasteiger partial charge in [-0.05, 0) is 13.3 Å². The van der Waals surface area contributed by atoms with Crippen LogP contribution in [0.4, 0.5) is 17.6 Å². The van der Waals surface area contributed by atoms with Crippen molar-refractivity contribution in [3.8, 4) is 0 Å². The highest BCUT2D eigenvalue weighted by Gasteiger charge is 2.51. The summed E-state index contributed by atoms with van der Waals surface area (Å²) in [4.78, 5) is 22.3. The summed E-state index contributed by atoms with van der Waals surface area (Å²) in [6.45, 7) is 4.62. The van der Waals surface area contributed by atoms with Crippen molar-refractivity contribution in [2.45, 2.75) is 45.1 Å². The molecule has 0 aromatic rings. The first kappa shape index (κ1) is 18.4. The number of alkyl halides is 4. The van der Waals surface area contributed by atoms with Crippen LogP contribution in [-0.2, 0) is 19.1 Å². The van der Waals surface area contributed by atoms with E-state index in [0.717, 1.165) is 0 Å². The monoisotopic (exact) mass is 300 g/mol. The average molecular weight is 300 g/mol. The standard InChI is InChI=1S/C12H16F4O4/c1-5-8(20-9(17)7(2)3)12(15,16)10(18)19-6-11(4,13)14/h8H,2,5-6H2,1,3-4H3. The summed E-state index contributed by atoms with van der Waals surface area (Å²) in [5.41, 5.74) is -0.132. The molecule has 0 aliphatic carbocycles. The van der Waals surface area contributed by atoms with Crippen LogP contribution in [0.15, 0.2) is 12.2 Å². The van der Waals surface area contributed by atoms with Crippen molar-refractivity contribution in [2.24, 2.45) is 0 Å². The third-order valence-corrected chi connectivity index (χ3v) is 2.10. The van der Waals surface area contributed by atoms with E-state index in [-0.39, 0.29) is 5.57 Å². The molecule has 0 bridgehead atoms. The zero-order valence-corrected chi connectivity index (χ0v) is 11.3. The second-order valence-electron chi connectivity index (χ2n) is 4.35. The van der Waals surface area contributed by atoms with Gasteiger partial charge in [0.2, 0.25) is 0 Å². The van der Waals surface area contributed by atoms with Crippen LogP contribution >= 0.6 is 0 Å². The highest BCUT2D eigenvalue weighted by molar-refractivity contribution is 5.87. The van der Waals surface area contributed by atoms with E-state index in [9.17, 15) is 27.2 Å². The largest absolute Gasteiger partial charge is 0.455 e. The van der Waals surface area contributed by atoms with Crippen LogP contribution in [0.2, 0.25) is 0 Å². The third kappa shape index (κ3) is 5.58. The van der Waals surface area contributed by atoms with Crippen molar-refractivity contribution < 1.29 is 36.6 Å². The maximum absolute atomic E-state index is 13.7. The zero-order chi connectivity index (χ0) is 16.1. The van der Waals surface area contributed by atoms with Crippen LogP contribution in [0.5, 0.6) is 0 Å². The predicted octanol–water partition coefficient (Wildman–Crippen LogP) is 2.72. The van der Waals surface area contributed by atoms with Gasteiger partial charge in [0.25, 0.3) is 5.92 Å². The second-order valence-corrected chi connectivity index (χ2v) is 4.35. The van der Waals surface area contributed by atoms with Crippen LogP contribution in [0.1, 0.15) is 27.2 Å². The summed E-state index contributed by atoms with van der Waals surface area (Å²) in [6.07, 6.45) is -2.51. The summed E-state index contributed by atoms with van der Waals surface area (Å²) in [5.74, 6) is -10.9. The molecule has 0 radical (unpaired) electrons. The lowest BCUT2D eigenvalue weighted by Crippen LogP contribution is -2.46. The van der Waals surface area contributed by atoms with Crippen LogP contribution in [0.25, 0.3) is 0 Å². The highest BCUT2D eigenvalue weighted by atomic mass is 19.3. The van der Waals surface area contributed by atoms with Crippen molar-refractivity contribution >= 4 is 11.9 Å². The minimum Gasteiger partial charge on any atom is -0.455 e. The number of carbonyl (C=O) groups is 2. The predicted molar refractivity (Wildman–Crippen MR) is 61.5 cm³/mol. The summed E-state index contributed by atoms with van der Waals surface area (Å²) < 4.78 is 60.5. The number of hydrogen-bond acceptors (Lipinski definition) is 4. The maximum atomic E-state index is 13.7. The summed E-state index contributed by atoms with van der Waals surface area (Å²) in [7, 11) is 0. The van der Waals surface area contributed by atoms with Crippen LogP contribution < -0.4 is 0 Å². The van der Waals surface area contributed by atoms with Crippen LogP contribution in [0, 0.1) is 0 Å². The quantitative estimate of drug-likeness (QED) is 0.412. The number of carbonyl (C=O) groups excluding carboxylic acids is 2. The van der Waals surface area contributed by atoms with Crippen molar-refractivity contribution in [1.29, 1.82) is 0 Å². The van der Waals surface area contributed by atoms with Crippen molar-refractivity contribution in [3.05, 3.63) is 12.2 Å². The van der Waals surface area contributed by atoms with E-state index in [1.54, 1.807) is 0 Å². The average Bonchev–Trinajstić information content (AvgIpc) is 2.30. The molecule has 0 heterocycles. The summed E-state index contributed by atoms with van der Waals surface area (Å²) in [5, 5.41) is 0. The first-order chi connectivity index (χ1) is 8.91. The molecule has 0 N–H and O–H groups in total. The van der Waals surface area contributed by atoms with Gasteiger partial charge >= 0.3 is 17.9 Å². The third-order valence-electron chi connectivity index (χ3n) is 2.10. The Hall–Kier alpha value is -1.60. The Kier molecular flexibility index (Phi) is 6.18. The van der Waals surface area contributed by atoms with E-state index in [0.29, 0.717) is 6.92 Å². The number of ether oxygens (including phenoxy) is 2. The number of halogens is 4. The van der Waals surface area contributed by atoms with Gasteiger partial charge in [-0.15, -0.1) is 0 Å². The lowest BCUT2D eigenvalue weighted by atomic mass is 10.1. The van der Waals surface area contributed by atoms with Crippen LogP contribution in [-0.4, -0.2) is 36.5 Å². The molecule has 0 aliphatic heterocycles. The van der Waals surface area contributed by atoms with Crippen LogP contribution in [0.3, 0.4) is 0 Å². The van der Waals surface area contributed by atoms with Crippen molar-refractivity contribution in [1.82, 2.24) is 0 Å². The van der Waals surface area contributed by atoms with Crippen molar-refractivity contribution in [2.75, 3.05) is 6.61 Å². The van der Waals surface area contributed by atoms with E-state index in [1.165, 1.54) is 13.8 Å². The smallest absolute Gasteiger partial charge is 0.381 e. The van der Waals surface area contributed by atoms with E-state index in [2.05, 4.69) is 16.1 Å². The Morgan fingerprint density at radius 2 is 1.75 bits per heavy atom. The van der Waals surface area contributed by atoms with Gasteiger partial charge in [0, 0.05) is 12.5 Å². The lowest BCUT2D eigenvalue weighted by molar-refractivity contribution is -0.202. The molecule has 0 saturated heterocycles. The molecule has 0 amide bonds. The van der Waals surface area contributed by atoms with Gasteiger partial charge < -0.3 is 9.47 Å². The first-order valence-corrected chi connectivity index (χ1v) is 5.71. The molecule has 0 fully saturated rings. The van der Waals surface area contributed by atoms with E-state index >= 15 is 0 Å². The fourth-order valence-electron chi connectivity index (χ4n) is 1.06. The van der Waals surface area contributed by atoms with E-state index in [1.807, 2.05) is 0 Å². The molecule has 1 unspecified atom stereocenters. The van der Waals surface area contributed by atoms with Gasteiger partial charge in [0.1, 0.15) is 0 Å². The maximum Gasteiger partial charge on any atom is 0.381 e. The summed E-state index contributed by atoms with van der Waals surface area (Å²) in [6, 6.07) is 0. The molecule has 0 rings (SSSR count). The molecule has 0 aliphatic rings.